The van der Waals surface area contributed by atoms with Crippen molar-refractivity contribution in [3.8, 4) is 11.5 Å². The van der Waals surface area contributed by atoms with Crippen molar-refractivity contribution >= 4 is 11.8 Å². The number of benzene rings is 1. The second kappa shape index (κ2) is 16.3. The largest absolute Gasteiger partial charge is 0.493 e. The van der Waals surface area contributed by atoms with Crippen LogP contribution in [0.2, 0.25) is 0 Å². The molecule has 0 bridgehead atoms. The van der Waals surface area contributed by atoms with E-state index in [9.17, 15) is 37.5 Å². The van der Waals surface area contributed by atoms with Crippen molar-refractivity contribution in [2.45, 2.75) is 78.1 Å². The highest BCUT2D eigenvalue weighted by molar-refractivity contribution is 5.79. The van der Waals surface area contributed by atoms with Gasteiger partial charge in [-0.15, -0.1) is 0 Å². The zero-order valence-electron chi connectivity index (χ0n) is 27.7. The van der Waals surface area contributed by atoms with Gasteiger partial charge in [0.25, 0.3) is 11.1 Å². The number of ether oxygens (including phenoxy) is 2. The molecule has 49 heavy (non-hydrogen) atoms. The monoisotopic (exact) mass is 682 g/mol. The molecular formula is C35H40F2N4O8. The van der Waals surface area contributed by atoms with Crippen molar-refractivity contribution in [2.24, 2.45) is 5.92 Å². The Kier molecular flexibility index (Phi) is 12.2. The van der Waals surface area contributed by atoms with Crippen LogP contribution in [0.5, 0.6) is 11.5 Å². The normalized spacial score (nSPS) is 15.8. The van der Waals surface area contributed by atoms with Crippen molar-refractivity contribution in [2.75, 3.05) is 13.2 Å². The number of hydrogen-bond donors (Lipinski definition) is 2. The molecule has 0 aliphatic heterocycles. The minimum absolute atomic E-state index is 0.00649. The Morgan fingerprint density at radius 1 is 0.898 bits per heavy atom. The number of unbranched alkanes of at least 4 members (excludes halogenated alkanes) is 2. The third-order valence-corrected chi connectivity index (χ3v) is 8.43. The smallest absolute Gasteiger partial charge is 0.335 e. The molecule has 2 N–H and O–H groups in total. The lowest BCUT2D eigenvalue weighted by atomic mass is 9.73. The Bertz CT molecular complexity index is 1890. The van der Waals surface area contributed by atoms with E-state index in [0.29, 0.717) is 45.0 Å². The van der Waals surface area contributed by atoms with Gasteiger partial charge in [0.15, 0.2) is 0 Å². The molecule has 0 unspecified atom stereocenters. The summed E-state index contributed by atoms with van der Waals surface area (Å²) in [5.41, 5.74) is -1.03. The van der Waals surface area contributed by atoms with Gasteiger partial charge in [0.05, 0.1) is 38.4 Å². The maximum atomic E-state index is 13.8. The van der Waals surface area contributed by atoms with Gasteiger partial charge in [-0.25, -0.2) is 18.7 Å². The average Bonchev–Trinajstić information content (AvgIpc) is 3.04. The number of halogens is 2. The summed E-state index contributed by atoms with van der Waals surface area (Å²) < 4.78 is 41.1. The van der Waals surface area contributed by atoms with E-state index < -0.39 is 45.9 Å². The number of nitrogens with zero attached hydrogens (tertiary/aromatic N) is 2. The molecule has 14 heteroatoms. The molecule has 2 heterocycles. The van der Waals surface area contributed by atoms with Crippen LogP contribution in [0.25, 0.3) is 0 Å². The molecule has 1 aliphatic carbocycles. The van der Waals surface area contributed by atoms with Gasteiger partial charge in [-0.2, -0.15) is 8.78 Å². The van der Waals surface area contributed by atoms with E-state index in [1.54, 1.807) is 9.97 Å². The van der Waals surface area contributed by atoms with Crippen molar-refractivity contribution < 1.29 is 27.8 Å². The van der Waals surface area contributed by atoms with E-state index in [0.717, 1.165) is 48.8 Å². The van der Waals surface area contributed by atoms with Gasteiger partial charge >= 0.3 is 11.4 Å². The highest BCUT2D eigenvalue weighted by Crippen LogP contribution is 2.47. The molecule has 4 rings (SSSR count). The zero-order chi connectivity index (χ0) is 35.8. The molecule has 3 aromatic rings. The third-order valence-electron chi connectivity index (χ3n) is 8.43. The first-order valence-corrected chi connectivity index (χ1v) is 16.1. The Morgan fingerprint density at radius 3 is 1.88 bits per heavy atom. The van der Waals surface area contributed by atoms with Crippen LogP contribution in [-0.2, 0) is 6.42 Å². The van der Waals surface area contributed by atoms with Crippen molar-refractivity contribution in [1.29, 1.82) is 0 Å². The number of aromatic nitrogens is 4. The van der Waals surface area contributed by atoms with Crippen LogP contribution in [0, 0.1) is 17.6 Å². The Hall–Kier alpha value is -5.14. The van der Waals surface area contributed by atoms with E-state index in [1.807, 2.05) is 26.0 Å². The van der Waals surface area contributed by atoms with Gasteiger partial charge in [0, 0.05) is 11.5 Å². The number of carbonyl (C=O) groups is 2. The van der Waals surface area contributed by atoms with Crippen molar-refractivity contribution in [3.63, 3.8) is 0 Å². The summed E-state index contributed by atoms with van der Waals surface area (Å²) in [5.74, 6) is -3.61. The van der Waals surface area contributed by atoms with E-state index in [1.165, 1.54) is 0 Å². The average molecular weight is 683 g/mol. The first-order valence-electron chi connectivity index (χ1n) is 16.1. The molecule has 0 radical (unpaired) electrons. The van der Waals surface area contributed by atoms with Crippen LogP contribution >= 0.6 is 0 Å². The molecule has 0 amide bonds. The lowest BCUT2D eigenvalue weighted by Gasteiger charge is -2.33. The number of rotatable bonds is 14. The number of H-pyrrole nitrogens is 2. The minimum atomic E-state index is -1.28. The number of aryl methyl sites for hydroxylation is 1. The summed E-state index contributed by atoms with van der Waals surface area (Å²) in [6, 6.07) is 3.74. The Balaban J connectivity index is 1.70. The van der Waals surface area contributed by atoms with E-state index in [4.69, 9.17) is 9.47 Å². The highest BCUT2D eigenvalue weighted by atomic mass is 19.1. The molecule has 1 aliphatic rings. The van der Waals surface area contributed by atoms with Crippen LogP contribution in [0.1, 0.15) is 92.4 Å². The summed E-state index contributed by atoms with van der Waals surface area (Å²) in [6.45, 7) is 9.83. The quantitative estimate of drug-likeness (QED) is 0.184. The number of carbonyl (C=O) groups excluding carboxylic acids is 2. The van der Waals surface area contributed by atoms with E-state index in [2.05, 4.69) is 19.6 Å². The number of aromatic amines is 2. The van der Waals surface area contributed by atoms with E-state index >= 15 is 0 Å². The number of hydrogen-bond acceptors (Lipinski definition) is 8. The number of nitrogens with one attached hydrogen (secondary N) is 2. The fraction of sp³-hybridized carbons (Fsp3) is 0.429. The molecule has 2 aromatic heterocycles. The van der Waals surface area contributed by atoms with Crippen molar-refractivity contribution in [3.05, 3.63) is 113 Å². The predicted octanol–water partition coefficient (Wildman–Crippen LogP) is 4.63. The second-order valence-electron chi connectivity index (χ2n) is 12.2. The molecule has 0 spiro atoms. The molecule has 0 fully saturated rings. The summed E-state index contributed by atoms with van der Waals surface area (Å²) in [6.07, 6.45) is 7.67. The van der Waals surface area contributed by atoms with Crippen molar-refractivity contribution in [1.82, 2.24) is 19.1 Å². The lowest BCUT2D eigenvalue weighted by molar-refractivity contribution is 0.0866. The first kappa shape index (κ1) is 36.7. The summed E-state index contributed by atoms with van der Waals surface area (Å²) in [4.78, 5) is 76.3. The summed E-state index contributed by atoms with van der Waals surface area (Å²) in [5, 5.41) is 0. The minimum Gasteiger partial charge on any atom is -0.493 e. The summed E-state index contributed by atoms with van der Waals surface area (Å²) in [7, 11) is 0. The fourth-order valence-corrected chi connectivity index (χ4v) is 5.86. The van der Waals surface area contributed by atoms with Crippen LogP contribution < -0.4 is 32.0 Å². The molecule has 0 saturated carbocycles. The fourth-order valence-electron chi connectivity index (χ4n) is 5.86. The second-order valence-corrected chi connectivity index (χ2v) is 12.2. The SMILES string of the molecule is C=C(C)[C@@H]1CCC(C)=C[C@H]1c1c(OCCC(=O)n2cc(F)c(=O)[nH]c2=O)cc(CCCCC)cc1OCCC(=O)n1cc(F)c(=O)[nH]c1=O. The molecule has 2 atom stereocenters. The molecule has 12 nitrogen and oxygen atoms in total. The third kappa shape index (κ3) is 9.06. The lowest BCUT2D eigenvalue weighted by Crippen LogP contribution is -2.35. The Labute approximate surface area is 280 Å². The van der Waals surface area contributed by atoms with Crippen LogP contribution in [0.15, 0.2) is 67.5 Å². The molecule has 1 aromatic carbocycles. The van der Waals surface area contributed by atoms with Gasteiger partial charge in [0.2, 0.25) is 23.4 Å². The first-order chi connectivity index (χ1) is 23.3. The van der Waals surface area contributed by atoms with Crippen LogP contribution in [0.4, 0.5) is 8.78 Å². The van der Waals surface area contributed by atoms with E-state index in [-0.39, 0.29) is 37.9 Å². The summed E-state index contributed by atoms with van der Waals surface area (Å²) >= 11 is 0. The van der Waals surface area contributed by atoms with Gasteiger partial charge in [-0.3, -0.25) is 29.1 Å². The van der Waals surface area contributed by atoms with Gasteiger partial charge in [0.1, 0.15) is 11.5 Å². The van der Waals surface area contributed by atoms with Gasteiger partial charge in [-0.1, -0.05) is 43.6 Å². The highest BCUT2D eigenvalue weighted by Gasteiger charge is 2.31. The van der Waals surface area contributed by atoms with Crippen LogP contribution in [0.3, 0.4) is 0 Å². The zero-order valence-corrected chi connectivity index (χ0v) is 27.7. The molecule has 262 valence electrons. The maximum Gasteiger partial charge on any atom is 0.335 e. The predicted molar refractivity (Wildman–Crippen MR) is 178 cm³/mol. The number of allylic oxidation sites excluding steroid dienone is 3. The van der Waals surface area contributed by atoms with Crippen LogP contribution in [-0.4, -0.2) is 44.1 Å². The molecular weight excluding hydrogens is 642 g/mol. The van der Waals surface area contributed by atoms with Gasteiger partial charge in [-0.05, 0) is 63.1 Å². The standard InChI is InChI=1S/C35H40F2N4O8/c1-5-6-7-8-22-16-27(48-13-11-29(42)40-18-25(36)32(44)38-34(40)46)31(24-15-21(4)9-10-23(24)20(2)3)28(17-22)49-14-12-30(43)41-19-26(37)33(45)39-35(41)47/h15-19,23-24H,2,5-14H2,1,3-4H3,(H,38,44,46)(H,39,45,47)/t23-,24+/m0/s1. The Morgan fingerprint density at radius 2 is 1.41 bits per heavy atom. The topological polar surface area (TPSA) is 162 Å². The van der Waals surface area contributed by atoms with Gasteiger partial charge < -0.3 is 9.47 Å². The molecule has 0 saturated heterocycles. The maximum absolute atomic E-state index is 13.8.